The Morgan fingerprint density at radius 2 is 2.25 bits per heavy atom. The van der Waals surface area contributed by atoms with Gasteiger partial charge in [-0.25, -0.2) is 0 Å². The molecular weight excluding hydrogens is 104 g/mol. The lowest BCUT2D eigenvalue weighted by atomic mass is 9.87. The Labute approximate surface area is 48.8 Å². The van der Waals surface area contributed by atoms with Crippen LogP contribution in [0.3, 0.4) is 0 Å². The fraction of sp³-hybridized carbons (Fsp3) is 0.667. The van der Waals surface area contributed by atoms with Crippen molar-refractivity contribution >= 4 is 5.97 Å². The van der Waals surface area contributed by atoms with Gasteiger partial charge in [-0.3, -0.25) is 4.79 Å². The van der Waals surface area contributed by atoms with Gasteiger partial charge in [0, 0.05) is 0 Å². The van der Waals surface area contributed by atoms with Crippen molar-refractivity contribution in [1.29, 1.82) is 0 Å². The summed E-state index contributed by atoms with van der Waals surface area (Å²) in [6.45, 7) is 8.91. The van der Waals surface area contributed by atoms with E-state index in [2.05, 4.69) is 4.74 Å². The Bertz CT molecular complexity index is 126. The largest absolute Gasteiger partial charge is 0.458 e. The molecule has 0 N–H and O–H groups in total. The first kappa shape index (κ1) is 5.60. The van der Waals surface area contributed by atoms with Crippen LogP contribution in [0.25, 0.3) is 0 Å². The van der Waals surface area contributed by atoms with E-state index < -0.39 is 11.5 Å². The maximum Gasteiger partial charge on any atom is 0.313 e. The third-order valence-electron chi connectivity index (χ3n) is 1.37. The summed E-state index contributed by atoms with van der Waals surface area (Å²) >= 11 is 0. The van der Waals surface area contributed by atoms with Gasteiger partial charge >= 0.3 is 5.97 Å². The number of rotatable bonds is 0. The highest BCUT2D eigenvalue weighted by molar-refractivity contribution is 5.80. The second kappa shape index (κ2) is 1.24. The molecule has 1 heterocycles. The van der Waals surface area contributed by atoms with E-state index >= 15 is 0 Å². The molecule has 0 aromatic heterocycles. The zero-order valence-electron chi connectivity index (χ0n) is 4.97. The van der Waals surface area contributed by atoms with Crippen molar-refractivity contribution < 1.29 is 9.53 Å². The first-order valence-electron chi connectivity index (χ1n) is 2.52. The van der Waals surface area contributed by atoms with Gasteiger partial charge in [0.15, 0.2) is 0 Å². The van der Waals surface area contributed by atoms with Crippen LogP contribution in [-0.4, -0.2) is 11.6 Å². The van der Waals surface area contributed by atoms with Crippen LogP contribution in [-0.2, 0) is 9.53 Å². The molecule has 2 radical (unpaired) electrons. The highest BCUT2D eigenvalue weighted by Crippen LogP contribution is 2.32. The lowest BCUT2D eigenvalue weighted by molar-refractivity contribution is -0.197. The van der Waals surface area contributed by atoms with Crippen LogP contribution in [0.2, 0.25) is 0 Å². The Morgan fingerprint density at radius 3 is 2.25 bits per heavy atom. The van der Waals surface area contributed by atoms with Gasteiger partial charge < -0.3 is 4.74 Å². The summed E-state index contributed by atoms with van der Waals surface area (Å²) in [7, 11) is 0. The quantitative estimate of drug-likeness (QED) is 0.430. The zero-order valence-corrected chi connectivity index (χ0v) is 4.97. The van der Waals surface area contributed by atoms with E-state index in [9.17, 15) is 4.79 Å². The lowest BCUT2D eigenvalue weighted by Gasteiger charge is -2.39. The molecule has 0 aliphatic carbocycles. The molecule has 0 spiro atoms. The van der Waals surface area contributed by atoms with Gasteiger partial charge in [-0.15, -0.1) is 0 Å². The molecule has 2 nitrogen and oxygen atoms in total. The molecule has 0 amide bonds. The first-order chi connectivity index (χ1) is 3.54. The highest BCUT2D eigenvalue weighted by atomic mass is 16.6. The topological polar surface area (TPSA) is 26.3 Å². The molecule has 1 rings (SSSR count). The Balaban J connectivity index is 2.60. The molecular formula is C6H8O2. The molecule has 2 heteroatoms. The number of carbonyl (C=O) groups excluding carboxylic acids is 1. The Hall–Kier alpha value is -0.530. The van der Waals surface area contributed by atoms with E-state index in [0.717, 1.165) is 0 Å². The molecule has 0 saturated carbocycles. The van der Waals surface area contributed by atoms with Gasteiger partial charge in [0.1, 0.15) is 5.60 Å². The van der Waals surface area contributed by atoms with Crippen molar-refractivity contribution in [2.24, 2.45) is 5.92 Å². The van der Waals surface area contributed by atoms with Crippen LogP contribution in [0.1, 0.15) is 13.8 Å². The summed E-state index contributed by atoms with van der Waals surface area (Å²) in [5, 5.41) is 0. The number of carbonyl (C=O) groups is 1. The average molecular weight is 112 g/mol. The molecule has 1 fully saturated rings. The van der Waals surface area contributed by atoms with Gasteiger partial charge in [0.2, 0.25) is 0 Å². The number of cyclic esters (lactones) is 1. The SMILES string of the molecule is [CH]C1C(=O)OC1(C)C. The van der Waals surface area contributed by atoms with Crippen LogP contribution in [0.4, 0.5) is 0 Å². The predicted octanol–water partition coefficient (Wildman–Crippen LogP) is 0.649. The molecule has 0 bridgehead atoms. The minimum atomic E-state index is -0.420. The summed E-state index contributed by atoms with van der Waals surface area (Å²) in [4.78, 5) is 10.3. The van der Waals surface area contributed by atoms with Gasteiger partial charge in [-0.1, -0.05) is 0 Å². The summed E-state index contributed by atoms with van der Waals surface area (Å²) in [6, 6.07) is 0. The monoisotopic (exact) mass is 112 g/mol. The molecule has 1 aliphatic rings. The standard InChI is InChI=1S/C6H8O2/c1-4-5(7)8-6(4,2)3/h1,4H,2-3H3. The van der Waals surface area contributed by atoms with E-state index in [4.69, 9.17) is 6.92 Å². The van der Waals surface area contributed by atoms with Gasteiger partial charge in [0.05, 0.1) is 5.92 Å². The van der Waals surface area contributed by atoms with E-state index in [1.54, 1.807) is 13.8 Å². The Morgan fingerprint density at radius 1 is 1.75 bits per heavy atom. The maximum absolute atomic E-state index is 10.3. The highest BCUT2D eigenvalue weighted by Gasteiger charge is 2.46. The van der Waals surface area contributed by atoms with Crippen LogP contribution in [0.5, 0.6) is 0 Å². The van der Waals surface area contributed by atoms with Gasteiger partial charge in [-0.2, -0.15) is 0 Å². The first-order valence-corrected chi connectivity index (χ1v) is 2.52. The number of hydrogen-bond acceptors (Lipinski definition) is 2. The summed E-state index contributed by atoms with van der Waals surface area (Å²) < 4.78 is 4.67. The fourth-order valence-corrected chi connectivity index (χ4v) is 0.612. The van der Waals surface area contributed by atoms with Gasteiger partial charge in [0.25, 0.3) is 0 Å². The second-order valence-electron chi connectivity index (χ2n) is 2.50. The van der Waals surface area contributed by atoms with Crippen molar-refractivity contribution in [3.05, 3.63) is 6.92 Å². The van der Waals surface area contributed by atoms with Crippen molar-refractivity contribution in [3.63, 3.8) is 0 Å². The van der Waals surface area contributed by atoms with Crippen molar-refractivity contribution in [3.8, 4) is 0 Å². The molecule has 1 unspecified atom stereocenters. The molecule has 0 aromatic carbocycles. The lowest BCUT2D eigenvalue weighted by Crippen LogP contribution is -2.51. The average Bonchev–Trinajstić information content (AvgIpc) is 1.65. The third kappa shape index (κ3) is 0.522. The molecule has 1 aliphatic heterocycles. The summed E-state index contributed by atoms with van der Waals surface area (Å²) in [5.41, 5.74) is -0.420. The smallest absolute Gasteiger partial charge is 0.313 e. The van der Waals surface area contributed by atoms with Crippen molar-refractivity contribution in [1.82, 2.24) is 0 Å². The number of esters is 1. The molecule has 44 valence electrons. The van der Waals surface area contributed by atoms with E-state index in [1.807, 2.05) is 0 Å². The van der Waals surface area contributed by atoms with Crippen LogP contribution >= 0.6 is 0 Å². The van der Waals surface area contributed by atoms with Crippen molar-refractivity contribution in [2.75, 3.05) is 0 Å². The van der Waals surface area contributed by atoms with Crippen LogP contribution < -0.4 is 0 Å². The molecule has 0 aromatic rings. The normalized spacial score (nSPS) is 33.4. The minimum absolute atomic E-state index is 0.296. The third-order valence-corrected chi connectivity index (χ3v) is 1.37. The summed E-state index contributed by atoms with van der Waals surface area (Å²) in [6.07, 6.45) is 0. The summed E-state index contributed by atoms with van der Waals surface area (Å²) in [5.74, 6) is -0.711. The van der Waals surface area contributed by atoms with Crippen LogP contribution in [0.15, 0.2) is 0 Å². The van der Waals surface area contributed by atoms with E-state index in [1.165, 1.54) is 0 Å². The van der Waals surface area contributed by atoms with Crippen LogP contribution in [0, 0.1) is 12.8 Å². The number of hydrogen-bond donors (Lipinski definition) is 0. The van der Waals surface area contributed by atoms with Gasteiger partial charge in [-0.05, 0) is 20.8 Å². The molecule has 1 saturated heterocycles. The van der Waals surface area contributed by atoms with Crippen molar-refractivity contribution in [2.45, 2.75) is 19.4 Å². The Kier molecular flexibility index (Phi) is 0.872. The molecule has 8 heavy (non-hydrogen) atoms. The van der Waals surface area contributed by atoms with E-state index in [0.29, 0.717) is 0 Å². The van der Waals surface area contributed by atoms with E-state index in [-0.39, 0.29) is 5.97 Å². The fourth-order valence-electron chi connectivity index (χ4n) is 0.612. The second-order valence-corrected chi connectivity index (χ2v) is 2.50. The minimum Gasteiger partial charge on any atom is -0.458 e. The molecule has 1 atom stereocenters. The zero-order chi connectivity index (χ0) is 6.36. The maximum atomic E-state index is 10.3. The predicted molar refractivity (Wildman–Crippen MR) is 28.0 cm³/mol. The number of ether oxygens (including phenoxy) is 1.